The zero-order valence-corrected chi connectivity index (χ0v) is 13.2. The fraction of sp³-hybridized carbons (Fsp3) is 0.263. The maximum absolute atomic E-state index is 14.2. The molecule has 0 aliphatic carbocycles. The molecule has 0 aliphatic heterocycles. The number of fused-ring (bicyclic) bond motifs is 1. The topological polar surface area (TPSA) is 51.0 Å². The van der Waals surface area contributed by atoms with E-state index in [9.17, 15) is 4.39 Å². The molecule has 0 saturated carbocycles. The summed E-state index contributed by atoms with van der Waals surface area (Å²) < 4.78 is 19.5. The molecule has 0 radical (unpaired) electrons. The Balaban J connectivity index is 2.13. The highest BCUT2D eigenvalue weighted by atomic mass is 19.1. The molecule has 3 rings (SSSR count). The van der Waals surface area contributed by atoms with Gasteiger partial charge in [0.15, 0.2) is 0 Å². The molecule has 1 aromatic heterocycles. The second-order valence-corrected chi connectivity index (χ2v) is 5.62. The van der Waals surface area contributed by atoms with Gasteiger partial charge < -0.3 is 15.5 Å². The number of hydrogen-bond donors (Lipinski definition) is 2. The first-order valence-corrected chi connectivity index (χ1v) is 7.88. The van der Waals surface area contributed by atoms with Gasteiger partial charge >= 0.3 is 0 Å². The van der Waals surface area contributed by atoms with Gasteiger partial charge in [-0.3, -0.25) is 0 Å². The van der Waals surface area contributed by atoms with Crippen LogP contribution in [0.1, 0.15) is 18.4 Å². The number of unbranched alkanes of at least 4 members (excludes halogenated alkanes) is 1. The van der Waals surface area contributed by atoms with E-state index in [1.807, 2.05) is 30.3 Å². The normalized spacial score (nSPS) is 11.1. The van der Waals surface area contributed by atoms with E-state index in [2.05, 4.69) is 4.98 Å². The number of rotatable bonds is 6. The zero-order chi connectivity index (χ0) is 16.2. The van der Waals surface area contributed by atoms with Crippen LogP contribution in [0.25, 0.3) is 22.2 Å². The van der Waals surface area contributed by atoms with Gasteiger partial charge in [0.25, 0.3) is 0 Å². The summed E-state index contributed by atoms with van der Waals surface area (Å²) in [5.74, 6) is 0.561. The summed E-state index contributed by atoms with van der Waals surface area (Å²) in [6, 6.07) is 13.0. The summed E-state index contributed by atoms with van der Waals surface area (Å²) in [7, 11) is 1.64. The number of halogens is 1. The highest BCUT2D eigenvalue weighted by Crippen LogP contribution is 2.34. The molecule has 0 amide bonds. The lowest BCUT2D eigenvalue weighted by molar-refractivity contribution is 0.415. The number of aryl methyl sites for hydroxylation is 1. The molecule has 3 nitrogen and oxygen atoms in total. The number of aromatic nitrogens is 1. The SMILES string of the molecule is COc1cccc(-c2[nH]c3c(F)cccc3c2CCCCN)c1. The summed E-state index contributed by atoms with van der Waals surface area (Å²) >= 11 is 0. The molecule has 0 fully saturated rings. The van der Waals surface area contributed by atoms with Gasteiger partial charge in [-0.05, 0) is 49.6 Å². The smallest absolute Gasteiger partial charge is 0.147 e. The fourth-order valence-electron chi connectivity index (χ4n) is 2.97. The maximum Gasteiger partial charge on any atom is 0.147 e. The number of benzene rings is 2. The molecule has 0 aliphatic rings. The first-order chi connectivity index (χ1) is 11.2. The summed E-state index contributed by atoms with van der Waals surface area (Å²) in [5, 5.41) is 0.944. The van der Waals surface area contributed by atoms with E-state index in [1.165, 1.54) is 6.07 Å². The second-order valence-electron chi connectivity index (χ2n) is 5.62. The lowest BCUT2D eigenvalue weighted by atomic mass is 10.00. The monoisotopic (exact) mass is 312 g/mol. The number of ether oxygens (including phenoxy) is 1. The van der Waals surface area contributed by atoms with Crippen molar-refractivity contribution in [2.75, 3.05) is 13.7 Å². The molecule has 23 heavy (non-hydrogen) atoms. The van der Waals surface area contributed by atoms with Gasteiger partial charge in [-0.2, -0.15) is 0 Å². The minimum atomic E-state index is -0.225. The van der Waals surface area contributed by atoms with Gasteiger partial charge in [-0.25, -0.2) is 4.39 Å². The minimum Gasteiger partial charge on any atom is -0.497 e. The number of methoxy groups -OCH3 is 1. The van der Waals surface area contributed by atoms with Gasteiger partial charge in [0.05, 0.1) is 12.6 Å². The molecule has 0 unspecified atom stereocenters. The molecule has 0 atom stereocenters. The van der Waals surface area contributed by atoms with E-state index >= 15 is 0 Å². The Morgan fingerprint density at radius 2 is 1.96 bits per heavy atom. The average molecular weight is 312 g/mol. The third kappa shape index (κ3) is 3.08. The summed E-state index contributed by atoms with van der Waals surface area (Å²) in [5.41, 5.74) is 9.27. The quantitative estimate of drug-likeness (QED) is 0.668. The van der Waals surface area contributed by atoms with Crippen molar-refractivity contribution in [2.45, 2.75) is 19.3 Å². The third-order valence-electron chi connectivity index (χ3n) is 4.13. The number of nitrogens with two attached hydrogens (primary N) is 1. The van der Waals surface area contributed by atoms with Crippen molar-refractivity contribution in [2.24, 2.45) is 5.73 Å². The van der Waals surface area contributed by atoms with Crippen molar-refractivity contribution in [1.29, 1.82) is 0 Å². The van der Waals surface area contributed by atoms with Crippen molar-refractivity contribution >= 4 is 10.9 Å². The summed E-state index contributed by atoms with van der Waals surface area (Å²) in [4.78, 5) is 3.27. The molecule has 1 heterocycles. The molecule has 0 saturated heterocycles. The van der Waals surface area contributed by atoms with Crippen molar-refractivity contribution < 1.29 is 9.13 Å². The van der Waals surface area contributed by atoms with Crippen LogP contribution in [-0.4, -0.2) is 18.6 Å². The fourth-order valence-corrected chi connectivity index (χ4v) is 2.97. The Kier molecular flexibility index (Phi) is 4.63. The van der Waals surface area contributed by atoms with Crippen LogP contribution in [0.2, 0.25) is 0 Å². The third-order valence-corrected chi connectivity index (χ3v) is 4.13. The Morgan fingerprint density at radius 1 is 1.13 bits per heavy atom. The lowest BCUT2D eigenvalue weighted by Gasteiger charge is -2.07. The molecule has 120 valence electrons. The van der Waals surface area contributed by atoms with Gasteiger partial charge in [-0.15, -0.1) is 0 Å². The van der Waals surface area contributed by atoms with Gasteiger partial charge in [-0.1, -0.05) is 24.3 Å². The van der Waals surface area contributed by atoms with E-state index in [0.717, 1.165) is 47.2 Å². The second kappa shape index (κ2) is 6.84. The predicted molar refractivity (Wildman–Crippen MR) is 92.2 cm³/mol. The molecule has 0 spiro atoms. The number of aromatic amines is 1. The van der Waals surface area contributed by atoms with Crippen LogP contribution in [0, 0.1) is 5.82 Å². The minimum absolute atomic E-state index is 0.225. The largest absolute Gasteiger partial charge is 0.497 e. The molecule has 3 aromatic rings. The average Bonchev–Trinajstić information content (AvgIpc) is 2.95. The first-order valence-electron chi connectivity index (χ1n) is 7.88. The van der Waals surface area contributed by atoms with E-state index < -0.39 is 0 Å². The molecule has 4 heteroatoms. The zero-order valence-electron chi connectivity index (χ0n) is 13.2. The van der Waals surface area contributed by atoms with E-state index in [-0.39, 0.29) is 5.82 Å². The number of hydrogen-bond acceptors (Lipinski definition) is 2. The Morgan fingerprint density at radius 3 is 2.74 bits per heavy atom. The molecule has 0 bridgehead atoms. The number of nitrogens with one attached hydrogen (secondary N) is 1. The van der Waals surface area contributed by atoms with Crippen LogP contribution in [-0.2, 0) is 6.42 Å². The Labute approximate surface area is 135 Å². The van der Waals surface area contributed by atoms with Gasteiger partial charge in [0, 0.05) is 16.6 Å². The summed E-state index contributed by atoms with van der Waals surface area (Å²) in [6.07, 6.45) is 2.81. The van der Waals surface area contributed by atoms with Crippen molar-refractivity contribution in [3.05, 3.63) is 53.8 Å². The van der Waals surface area contributed by atoms with E-state index in [4.69, 9.17) is 10.5 Å². The molecular weight excluding hydrogens is 291 g/mol. The van der Waals surface area contributed by atoms with Crippen LogP contribution >= 0.6 is 0 Å². The summed E-state index contributed by atoms with van der Waals surface area (Å²) in [6.45, 7) is 0.672. The maximum atomic E-state index is 14.2. The van der Waals surface area contributed by atoms with E-state index in [1.54, 1.807) is 13.2 Å². The van der Waals surface area contributed by atoms with Crippen LogP contribution in [0.3, 0.4) is 0 Å². The van der Waals surface area contributed by atoms with Crippen LogP contribution in [0.4, 0.5) is 4.39 Å². The molecule has 2 aromatic carbocycles. The Hall–Kier alpha value is -2.33. The lowest BCUT2D eigenvalue weighted by Crippen LogP contribution is -1.99. The van der Waals surface area contributed by atoms with Crippen LogP contribution < -0.4 is 10.5 Å². The molecule has 3 N–H and O–H groups in total. The van der Waals surface area contributed by atoms with Gasteiger partial charge in [0.1, 0.15) is 11.6 Å². The Bertz CT molecular complexity index is 810. The van der Waals surface area contributed by atoms with Crippen molar-refractivity contribution in [3.8, 4) is 17.0 Å². The van der Waals surface area contributed by atoms with Crippen molar-refractivity contribution in [3.63, 3.8) is 0 Å². The highest BCUT2D eigenvalue weighted by molar-refractivity contribution is 5.91. The standard InChI is InChI=1S/C19H21FN2O/c1-23-14-7-4-6-13(12-14)18-15(8-2-3-11-21)16-9-5-10-17(20)19(16)22-18/h4-7,9-10,12,22H,2-3,8,11,21H2,1H3. The number of H-pyrrole nitrogens is 1. The van der Waals surface area contributed by atoms with Gasteiger partial charge in [0.2, 0.25) is 0 Å². The van der Waals surface area contributed by atoms with E-state index in [0.29, 0.717) is 12.1 Å². The first kappa shape index (κ1) is 15.6. The van der Waals surface area contributed by atoms with Crippen molar-refractivity contribution in [1.82, 2.24) is 4.98 Å². The van der Waals surface area contributed by atoms with Crippen LogP contribution in [0.5, 0.6) is 5.75 Å². The highest BCUT2D eigenvalue weighted by Gasteiger charge is 2.15. The molecular formula is C19H21FN2O. The predicted octanol–water partition coefficient (Wildman–Crippen LogP) is 4.26. The number of para-hydroxylation sites is 1. The van der Waals surface area contributed by atoms with Crippen LogP contribution in [0.15, 0.2) is 42.5 Å².